The van der Waals surface area contributed by atoms with Crippen molar-refractivity contribution in [1.29, 1.82) is 0 Å². The van der Waals surface area contributed by atoms with Gasteiger partial charge >= 0.3 is 0 Å². The topological polar surface area (TPSA) is 58.4 Å². The van der Waals surface area contributed by atoms with Gasteiger partial charge in [0.1, 0.15) is 0 Å². The van der Waals surface area contributed by atoms with E-state index in [0.717, 1.165) is 18.7 Å². The van der Waals surface area contributed by atoms with E-state index in [9.17, 15) is 4.79 Å². The van der Waals surface area contributed by atoms with E-state index in [-0.39, 0.29) is 5.91 Å². The molecular formula is C13H19N3OS. The third-order valence-corrected chi connectivity index (χ3v) is 3.34. The molecule has 0 aliphatic carbocycles. The van der Waals surface area contributed by atoms with E-state index >= 15 is 0 Å². The van der Waals surface area contributed by atoms with Gasteiger partial charge < -0.3 is 16.0 Å². The predicted molar refractivity (Wildman–Crippen MR) is 75.3 cm³/mol. The number of hydrogen-bond acceptors (Lipinski definition) is 4. The quantitative estimate of drug-likeness (QED) is 0.768. The highest BCUT2D eigenvalue weighted by Crippen LogP contribution is 2.15. The normalized spacial score (nSPS) is 10.0. The number of rotatable bonds is 5. The maximum Gasteiger partial charge on any atom is 0.221 e. The molecule has 4 nitrogen and oxygen atoms in total. The Morgan fingerprint density at radius 1 is 1.61 bits per heavy atom. The fourth-order valence-electron chi connectivity index (χ4n) is 1.44. The van der Waals surface area contributed by atoms with Crippen molar-refractivity contribution in [3.8, 4) is 11.8 Å². The number of hydrogen-bond donors (Lipinski definition) is 2. The lowest BCUT2D eigenvalue weighted by Gasteiger charge is -2.14. The van der Waals surface area contributed by atoms with Crippen LogP contribution in [0.15, 0.2) is 11.4 Å². The Kier molecular flexibility index (Phi) is 6.44. The second kappa shape index (κ2) is 7.88. The molecular weight excluding hydrogens is 246 g/mol. The number of carbonyl (C=O) groups excluding carboxylic acids is 1. The fourth-order valence-corrected chi connectivity index (χ4v) is 2.34. The minimum absolute atomic E-state index is 0.0718. The van der Waals surface area contributed by atoms with E-state index in [0.29, 0.717) is 13.0 Å². The molecule has 1 amide bonds. The molecule has 5 heteroatoms. The van der Waals surface area contributed by atoms with Gasteiger partial charge in [0.05, 0.1) is 6.54 Å². The van der Waals surface area contributed by atoms with Crippen molar-refractivity contribution in [3.05, 3.63) is 21.9 Å². The van der Waals surface area contributed by atoms with E-state index in [1.807, 2.05) is 12.4 Å². The van der Waals surface area contributed by atoms with Crippen LogP contribution in [0.4, 0.5) is 0 Å². The summed E-state index contributed by atoms with van der Waals surface area (Å²) in [6.45, 7) is 1.98. The molecule has 0 unspecified atom stereocenters. The van der Waals surface area contributed by atoms with Crippen LogP contribution in [-0.2, 0) is 11.3 Å². The first kappa shape index (κ1) is 14.7. The summed E-state index contributed by atoms with van der Waals surface area (Å²) in [5.41, 5.74) is 6.34. The molecule has 0 radical (unpaired) electrons. The zero-order valence-electron chi connectivity index (χ0n) is 10.8. The smallest absolute Gasteiger partial charge is 0.221 e. The van der Waals surface area contributed by atoms with Gasteiger partial charge in [-0.05, 0) is 13.1 Å². The molecule has 0 aliphatic heterocycles. The van der Waals surface area contributed by atoms with E-state index < -0.39 is 0 Å². The van der Waals surface area contributed by atoms with Crippen molar-refractivity contribution in [2.75, 3.05) is 27.2 Å². The van der Waals surface area contributed by atoms with E-state index in [1.54, 1.807) is 18.4 Å². The summed E-state index contributed by atoms with van der Waals surface area (Å²) in [4.78, 5) is 14.5. The molecule has 0 saturated carbocycles. The molecule has 1 aromatic heterocycles. The standard InChI is InChI=1S/C13H19N3OS/c1-15-13(17)5-7-16(2)9-12-8-11(10-18-12)4-3-6-14/h8,10H,5-7,9,14H2,1-2H3,(H,15,17). The zero-order chi connectivity index (χ0) is 13.4. The third kappa shape index (κ3) is 5.32. The molecule has 0 fully saturated rings. The van der Waals surface area contributed by atoms with Crippen LogP contribution in [0.5, 0.6) is 0 Å². The Morgan fingerprint density at radius 2 is 2.39 bits per heavy atom. The lowest BCUT2D eigenvalue weighted by Crippen LogP contribution is -2.26. The summed E-state index contributed by atoms with van der Waals surface area (Å²) in [5, 5.41) is 4.65. The second-order valence-electron chi connectivity index (χ2n) is 3.97. The van der Waals surface area contributed by atoms with Gasteiger partial charge in [0.15, 0.2) is 0 Å². The number of nitrogens with zero attached hydrogens (tertiary/aromatic N) is 1. The average molecular weight is 265 g/mol. The maximum absolute atomic E-state index is 11.1. The first-order valence-corrected chi connectivity index (χ1v) is 6.69. The summed E-state index contributed by atoms with van der Waals surface area (Å²) < 4.78 is 0. The van der Waals surface area contributed by atoms with Crippen molar-refractivity contribution in [2.24, 2.45) is 5.73 Å². The second-order valence-corrected chi connectivity index (χ2v) is 4.96. The van der Waals surface area contributed by atoms with Crippen molar-refractivity contribution in [2.45, 2.75) is 13.0 Å². The van der Waals surface area contributed by atoms with Gasteiger partial charge in [0, 0.05) is 42.4 Å². The molecule has 0 bridgehead atoms. The summed E-state index contributed by atoms with van der Waals surface area (Å²) in [7, 11) is 3.66. The van der Waals surface area contributed by atoms with Crippen LogP contribution in [0.2, 0.25) is 0 Å². The van der Waals surface area contributed by atoms with Gasteiger partial charge in [-0.3, -0.25) is 4.79 Å². The largest absolute Gasteiger partial charge is 0.359 e. The summed E-state index contributed by atoms with van der Waals surface area (Å²) in [6, 6.07) is 2.07. The Bertz CT molecular complexity index is 445. The summed E-state index contributed by atoms with van der Waals surface area (Å²) >= 11 is 1.68. The lowest BCUT2D eigenvalue weighted by atomic mass is 10.3. The van der Waals surface area contributed by atoms with Crippen LogP contribution >= 0.6 is 11.3 Å². The Morgan fingerprint density at radius 3 is 3.06 bits per heavy atom. The van der Waals surface area contributed by atoms with Gasteiger partial charge in [0.25, 0.3) is 0 Å². The van der Waals surface area contributed by atoms with E-state index in [4.69, 9.17) is 5.73 Å². The van der Waals surface area contributed by atoms with Crippen LogP contribution in [0.25, 0.3) is 0 Å². The number of carbonyl (C=O) groups is 1. The Labute approximate surface area is 112 Å². The molecule has 18 heavy (non-hydrogen) atoms. The minimum Gasteiger partial charge on any atom is -0.359 e. The van der Waals surface area contributed by atoms with Gasteiger partial charge in [-0.2, -0.15) is 0 Å². The SMILES string of the molecule is CNC(=O)CCN(C)Cc1cc(C#CCN)cs1. The highest BCUT2D eigenvalue weighted by molar-refractivity contribution is 7.10. The van der Waals surface area contributed by atoms with Crippen molar-refractivity contribution < 1.29 is 4.79 Å². The van der Waals surface area contributed by atoms with Gasteiger partial charge in [0.2, 0.25) is 5.91 Å². The van der Waals surface area contributed by atoms with Crippen LogP contribution < -0.4 is 11.1 Å². The van der Waals surface area contributed by atoms with E-state index in [1.165, 1.54) is 4.88 Å². The number of nitrogens with one attached hydrogen (secondary N) is 1. The number of thiophene rings is 1. The molecule has 1 heterocycles. The Balaban J connectivity index is 2.42. The third-order valence-electron chi connectivity index (χ3n) is 2.41. The minimum atomic E-state index is 0.0718. The molecule has 0 aliphatic rings. The van der Waals surface area contributed by atoms with E-state index in [2.05, 4.69) is 28.1 Å². The van der Waals surface area contributed by atoms with Crippen LogP contribution in [-0.4, -0.2) is 38.0 Å². The molecule has 0 spiro atoms. The van der Waals surface area contributed by atoms with Gasteiger partial charge in [-0.1, -0.05) is 11.8 Å². The maximum atomic E-state index is 11.1. The van der Waals surface area contributed by atoms with Gasteiger partial charge in [-0.25, -0.2) is 0 Å². The van der Waals surface area contributed by atoms with Crippen molar-refractivity contribution in [1.82, 2.24) is 10.2 Å². The molecule has 3 N–H and O–H groups in total. The monoisotopic (exact) mass is 265 g/mol. The zero-order valence-corrected chi connectivity index (χ0v) is 11.6. The molecule has 0 saturated heterocycles. The Hall–Kier alpha value is -1.35. The van der Waals surface area contributed by atoms with Crippen LogP contribution in [0, 0.1) is 11.8 Å². The lowest BCUT2D eigenvalue weighted by molar-refractivity contribution is -0.120. The molecule has 1 rings (SSSR count). The van der Waals surface area contributed by atoms with Crippen molar-refractivity contribution in [3.63, 3.8) is 0 Å². The van der Waals surface area contributed by atoms with Crippen molar-refractivity contribution >= 4 is 17.2 Å². The number of amides is 1. The molecule has 0 atom stereocenters. The fraction of sp³-hybridized carbons (Fsp3) is 0.462. The van der Waals surface area contributed by atoms with Crippen LogP contribution in [0.1, 0.15) is 16.9 Å². The first-order valence-electron chi connectivity index (χ1n) is 5.81. The van der Waals surface area contributed by atoms with Crippen LogP contribution in [0.3, 0.4) is 0 Å². The van der Waals surface area contributed by atoms with Gasteiger partial charge in [-0.15, -0.1) is 11.3 Å². The highest BCUT2D eigenvalue weighted by atomic mass is 32.1. The highest BCUT2D eigenvalue weighted by Gasteiger charge is 2.05. The average Bonchev–Trinajstić information content (AvgIpc) is 2.81. The molecule has 0 aromatic carbocycles. The summed E-state index contributed by atoms with van der Waals surface area (Å²) in [5.74, 6) is 5.92. The number of nitrogens with two attached hydrogens (primary N) is 1. The predicted octanol–water partition coefficient (Wildman–Crippen LogP) is 0.626. The molecule has 98 valence electrons. The summed E-state index contributed by atoms with van der Waals surface area (Å²) in [6.07, 6.45) is 0.526. The first-order chi connectivity index (χ1) is 8.65. The molecule has 1 aromatic rings.